The van der Waals surface area contributed by atoms with Gasteiger partial charge < -0.3 is 5.32 Å². The summed E-state index contributed by atoms with van der Waals surface area (Å²) in [5, 5.41) is 3.36. The van der Waals surface area contributed by atoms with Crippen LogP contribution in [0, 0.1) is 5.41 Å². The van der Waals surface area contributed by atoms with Crippen LogP contribution in [0.15, 0.2) is 0 Å². The van der Waals surface area contributed by atoms with Crippen molar-refractivity contribution in [2.75, 3.05) is 13.1 Å². The lowest BCUT2D eigenvalue weighted by atomic mass is 9.92. The molecule has 0 spiro atoms. The van der Waals surface area contributed by atoms with Gasteiger partial charge in [0.05, 0.1) is 5.41 Å². The van der Waals surface area contributed by atoms with Crippen LogP contribution < -0.4 is 5.32 Å². The molecule has 17 heavy (non-hydrogen) atoms. The molecule has 0 aliphatic carbocycles. The molecule has 0 saturated carbocycles. The van der Waals surface area contributed by atoms with Crippen LogP contribution in [-0.2, 0) is 9.59 Å². The second kappa shape index (κ2) is 5.63. The monoisotopic (exact) mass is 240 g/mol. The van der Waals surface area contributed by atoms with Crippen molar-refractivity contribution in [3.05, 3.63) is 0 Å². The van der Waals surface area contributed by atoms with Gasteiger partial charge >= 0.3 is 0 Å². The maximum atomic E-state index is 11.9. The van der Waals surface area contributed by atoms with Crippen LogP contribution in [0.1, 0.15) is 47.0 Å². The van der Waals surface area contributed by atoms with Gasteiger partial charge in [0.15, 0.2) is 0 Å². The van der Waals surface area contributed by atoms with Gasteiger partial charge in [-0.05, 0) is 26.3 Å². The summed E-state index contributed by atoms with van der Waals surface area (Å²) in [5.41, 5.74) is -0.503. The first-order valence-electron chi connectivity index (χ1n) is 6.46. The van der Waals surface area contributed by atoms with Gasteiger partial charge in [-0.1, -0.05) is 20.8 Å². The molecule has 1 atom stereocenters. The normalized spacial score (nSPS) is 21.1. The van der Waals surface area contributed by atoms with Crippen molar-refractivity contribution in [3.63, 3.8) is 0 Å². The van der Waals surface area contributed by atoms with Crippen LogP contribution in [-0.4, -0.2) is 35.8 Å². The maximum absolute atomic E-state index is 11.9. The van der Waals surface area contributed by atoms with E-state index in [0.29, 0.717) is 19.0 Å². The number of carbonyl (C=O) groups excluding carboxylic acids is 2. The van der Waals surface area contributed by atoms with Gasteiger partial charge in [-0.2, -0.15) is 0 Å². The Morgan fingerprint density at radius 2 is 2.06 bits per heavy atom. The molecule has 2 amide bonds. The maximum Gasteiger partial charge on any atom is 0.235 e. The Bertz CT molecular complexity index is 300. The first kappa shape index (κ1) is 14.2. The first-order valence-corrected chi connectivity index (χ1v) is 6.46. The Hall–Kier alpha value is -0.900. The number of imide groups is 1. The SMILES string of the molecule is CCCNC(C)CCN1C(=O)CC(C)(C)C1=O. The molecule has 0 bridgehead atoms. The summed E-state index contributed by atoms with van der Waals surface area (Å²) in [6.45, 7) is 9.41. The van der Waals surface area contributed by atoms with Crippen LogP contribution in [0.3, 0.4) is 0 Å². The second-order valence-electron chi connectivity index (χ2n) is 5.56. The third-order valence-corrected chi connectivity index (χ3v) is 3.25. The fourth-order valence-corrected chi connectivity index (χ4v) is 2.07. The zero-order valence-electron chi connectivity index (χ0n) is 11.4. The van der Waals surface area contributed by atoms with E-state index in [1.165, 1.54) is 4.90 Å². The number of rotatable bonds is 6. The Morgan fingerprint density at radius 3 is 2.53 bits per heavy atom. The molecule has 1 saturated heterocycles. The molecule has 1 fully saturated rings. The van der Waals surface area contributed by atoms with E-state index in [9.17, 15) is 9.59 Å². The molecule has 1 unspecified atom stereocenters. The number of amides is 2. The molecule has 4 heteroatoms. The summed E-state index contributed by atoms with van der Waals surface area (Å²) in [6, 6.07) is 0.347. The number of nitrogens with one attached hydrogen (secondary N) is 1. The summed E-state index contributed by atoms with van der Waals surface area (Å²) in [4.78, 5) is 25.1. The van der Waals surface area contributed by atoms with Crippen molar-refractivity contribution in [2.24, 2.45) is 5.41 Å². The minimum Gasteiger partial charge on any atom is -0.314 e. The summed E-state index contributed by atoms with van der Waals surface area (Å²) in [7, 11) is 0. The fourth-order valence-electron chi connectivity index (χ4n) is 2.07. The lowest BCUT2D eigenvalue weighted by Crippen LogP contribution is -2.37. The van der Waals surface area contributed by atoms with Crippen molar-refractivity contribution in [3.8, 4) is 0 Å². The number of likely N-dealkylation sites (tertiary alicyclic amines) is 1. The minimum absolute atomic E-state index is 0.0230. The number of carbonyl (C=O) groups is 2. The quantitative estimate of drug-likeness (QED) is 0.717. The average Bonchev–Trinajstić information content (AvgIpc) is 2.43. The summed E-state index contributed by atoms with van der Waals surface area (Å²) >= 11 is 0. The highest BCUT2D eigenvalue weighted by molar-refractivity contribution is 6.05. The van der Waals surface area contributed by atoms with Gasteiger partial charge in [0.1, 0.15) is 0 Å². The lowest BCUT2D eigenvalue weighted by molar-refractivity contribution is -0.140. The summed E-state index contributed by atoms with van der Waals surface area (Å²) < 4.78 is 0. The molecule has 0 aromatic heterocycles. The highest BCUT2D eigenvalue weighted by Crippen LogP contribution is 2.31. The van der Waals surface area contributed by atoms with Crippen LogP contribution in [0.4, 0.5) is 0 Å². The molecule has 1 N–H and O–H groups in total. The van der Waals surface area contributed by atoms with Crippen LogP contribution in [0.2, 0.25) is 0 Å². The third-order valence-electron chi connectivity index (χ3n) is 3.25. The van der Waals surface area contributed by atoms with E-state index in [1.807, 2.05) is 13.8 Å². The standard InChI is InChI=1S/C13H24N2O2/c1-5-7-14-10(2)6-8-15-11(16)9-13(3,4)12(15)17/h10,14H,5-9H2,1-4H3. The predicted molar refractivity (Wildman–Crippen MR) is 67.5 cm³/mol. The minimum atomic E-state index is -0.503. The molecule has 1 aliphatic heterocycles. The predicted octanol–water partition coefficient (Wildman–Crippen LogP) is 1.55. The van der Waals surface area contributed by atoms with Gasteiger partial charge in [-0.15, -0.1) is 0 Å². The Labute approximate surface area is 104 Å². The topological polar surface area (TPSA) is 49.4 Å². The number of hydrogen-bond acceptors (Lipinski definition) is 3. The molecular formula is C13H24N2O2. The van der Waals surface area contributed by atoms with E-state index in [4.69, 9.17) is 0 Å². The van der Waals surface area contributed by atoms with E-state index < -0.39 is 5.41 Å². The fraction of sp³-hybridized carbons (Fsp3) is 0.846. The van der Waals surface area contributed by atoms with E-state index in [-0.39, 0.29) is 11.8 Å². The zero-order chi connectivity index (χ0) is 13.1. The molecule has 0 aromatic carbocycles. The number of hydrogen-bond donors (Lipinski definition) is 1. The first-order chi connectivity index (χ1) is 7.88. The van der Waals surface area contributed by atoms with Crippen molar-refractivity contribution in [1.29, 1.82) is 0 Å². The molecule has 1 heterocycles. The average molecular weight is 240 g/mol. The van der Waals surface area contributed by atoms with Gasteiger partial charge in [0.25, 0.3) is 0 Å². The lowest BCUT2D eigenvalue weighted by Gasteiger charge is -2.20. The van der Waals surface area contributed by atoms with Crippen molar-refractivity contribution in [2.45, 2.75) is 53.0 Å². The third kappa shape index (κ3) is 3.53. The van der Waals surface area contributed by atoms with Gasteiger partial charge in [0.2, 0.25) is 11.8 Å². The van der Waals surface area contributed by atoms with Gasteiger partial charge in [-0.3, -0.25) is 14.5 Å². The smallest absolute Gasteiger partial charge is 0.235 e. The van der Waals surface area contributed by atoms with Crippen LogP contribution >= 0.6 is 0 Å². The zero-order valence-corrected chi connectivity index (χ0v) is 11.4. The number of nitrogens with zero attached hydrogens (tertiary/aromatic N) is 1. The van der Waals surface area contributed by atoms with Crippen molar-refractivity contribution >= 4 is 11.8 Å². The molecule has 4 nitrogen and oxygen atoms in total. The van der Waals surface area contributed by atoms with E-state index in [1.54, 1.807) is 0 Å². The highest BCUT2D eigenvalue weighted by Gasteiger charge is 2.44. The highest BCUT2D eigenvalue weighted by atomic mass is 16.2. The van der Waals surface area contributed by atoms with E-state index >= 15 is 0 Å². The molecule has 0 aromatic rings. The van der Waals surface area contributed by atoms with Crippen molar-refractivity contribution < 1.29 is 9.59 Å². The molecule has 1 rings (SSSR count). The van der Waals surface area contributed by atoms with Gasteiger partial charge in [0, 0.05) is 19.0 Å². The molecule has 0 radical (unpaired) electrons. The Kier molecular flexibility index (Phi) is 4.69. The Morgan fingerprint density at radius 1 is 1.41 bits per heavy atom. The van der Waals surface area contributed by atoms with Crippen LogP contribution in [0.25, 0.3) is 0 Å². The summed E-state index contributed by atoms with van der Waals surface area (Å²) in [6.07, 6.45) is 2.27. The largest absolute Gasteiger partial charge is 0.314 e. The van der Waals surface area contributed by atoms with Crippen molar-refractivity contribution in [1.82, 2.24) is 10.2 Å². The van der Waals surface area contributed by atoms with E-state index in [0.717, 1.165) is 19.4 Å². The van der Waals surface area contributed by atoms with E-state index in [2.05, 4.69) is 19.2 Å². The summed E-state index contributed by atoms with van der Waals surface area (Å²) in [5.74, 6) is -0.0483. The molecule has 1 aliphatic rings. The second-order valence-corrected chi connectivity index (χ2v) is 5.56. The Balaban J connectivity index is 2.42. The van der Waals surface area contributed by atoms with Crippen LogP contribution in [0.5, 0.6) is 0 Å². The van der Waals surface area contributed by atoms with Gasteiger partial charge in [-0.25, -0.2) is 0 Å². The molecule has 98 valence electrons. The molecular weight excluding hydrogens is 216 g/mol.